The van der Waals surface area contributed by atoms with Gasteiger partial charge in [-0.05, 0) is 13.8 Å². The number of nitrogens with zero attached hydrogens (tertiary/aromatic N) is 6. The van der Waals surface area contributed by atoms with Crippen molar-refractivity contribution in [2.45, 2.75) is 39.4 Å². The van der Waals surface area contributed by atoms with Crippen molar-refractivity contribution in [2.24, 2.45) is 13.0 Å². The molecule has 0 unspecified atom stereocenters. The number of hydrogen-bond donors (Lipinski definition) is 0. The largest absolute Gasteiger partial charge is 0.335 e. The van der Waals surface area contributed by atoms with Crippen LogP contribution in [0.15, 0.2) is 18.7 Å². The lowest BCUT2D eigenvalue weighted by Gasteiger charge is -2.33. The van der Waals surface area contributed by atoms with Gasteiger partial charge < -0.3 is 14.4 Å². The highest BCUT2D eigenvalue weighted by Gasteiger charge is 2.46. The van der Waals surface area contributed by atoms with Crippen LogP contribution in [0.25, 0.3) is 0 Å². The highest BCUT2D eigenvalue weighted by molar-refractivity contribution is 5.90. The number of carbonyl (C=O) groups excluding carboxylic acids is 2. The molecule has 4 heterocycles. The van der Waals surface area contributed by atoms with E-state index in [0.29, 0.717) is 19.6 Å². The van der Waals surface area contributed by atoms with Crippen LogP contribution in [0.4, 0.5) is 0 Å². The zero-order valence-corrected chi connectivity index (χ0v) is 15.4. The molecule has 2 atom stereocenters. The molecule has 8 nitrogen and oxygen atoms in total. The number of rotatable bonds is 3. The predicted molar refractivity (Wildman–Crippen MR) is 93.8 cm³/mol. The lowest BCUT2D eigenvalue weighted by atomic mass is 9.92. The molecule has 2 aromatic heterocycles. The van der Waals surface area contributed by atoms with Gasteiger partial charge in [0.2, 0.25) is 11.8 Å². The van der Waals surface area contributed by atoms with Crippen LogP contribution in [-0.4, -0.2) is 54.0 Å². The second-order valence-corrected chi connectivity index (χ2v) is 7.08. The Balaban J connectivity index is 1.64. The van der Waals surface area contributed by atoms with Crippen LogP contribution >= 0.6 is 0 Å². The smallest absolute Gasteiger partial charge is 0.229 e. The first kappa shape index (κ1) is 16.8. The summed E-state index contributed by atoms with van der Waals surface area (Å²) in [5.41, 5.74) is 3.01. The molecular weight excluding hydrogens is 332 g/mol. The van der Waals surface area contributed by atoms with E-state index < -0.39 is 0 Å². The fourth-order valence-corrected chi connectivity index (χ4v) is 4.18. The summed E-state index contributed by atoms with van der Waals surface area (Å²) in [5, 5.41) is 4.33. The number of likely N-dealkylation sites (tertiary alicyclic amines) is 1. The van der Waals surface area contributed by atoms with Gasteiger partial charge in [0, 0.05) is 50.6 Å². The third kappa shape index (κ3) is 2.51. The maximum absolute atomic E-state index is 13.3. The Bertz CT molecular complexity index is 854. The van der Waals surface area contributed by atoms with Gasteiger partial charge in [0.15, 0.2) is 0 Å². The molecular formula is C18H24N6O2. The topological polar surface area (TPSA) is 76.3 Å². The van der Waals surface area contributed by atoms with Crippen LogP contribution in [-0.2, 0) is 29.7 Å². The monoisotopic (exact) mass is 356 g/mol. The molecule has 2 aliphatic heterocycles. The first-order valence-corrected chi connectivity index (χ1v) is 9.07. The summed E-state index contributed by atoms with van der Waals surface area (Å²) in [7, 11) is 1.88. The third-order valence-corrected chi connectivity index (χ3v) is 5.76. The highest BCUT2D eigenvalue weighted by atomic mass is 16.2. The Hall–Kier alpha value is -2.64. The summed E-state index contributed by atoms with van der Waals surface area (Å²) in [4.78, 5) is 33.8. The van der Waals surface area contributed by atoms with Crippen LogP contribution in [0.5, 0.6) is 0 Å². The molecule has 0 N–H and O–H groups in total. The van der Waals surface area contributed by atoms with Gasteiger partial charge in [0.05, 0.1) is 36.7 Å². The predicted octanol–water partition coefficient (Wildman–Crippen LogP) is 0.877. The Kier molecular flexibility index (Phi) is 4.05. The van der Waals surface area contributed by atoms with Crippen LogP contribution in [0.1, 0.15) is 36.3 Å². The highest BCUT2D eigenvalue weighted by Crippen LogP contribution is 2.40. The van der Waals surface area contributed by atoms with Gasteiger partial charge in [-0.25, -0.2) is 4.98 Å². The molecule has 26 heavy (non-hydrogen) atoms. The van der Waals surface area contributed by atoms with Crippen LogP contribution < -0.4 is 0 Å². The van der Waals surface area contributed by atoms with Gasteiger partial charge in [-0.15, -0.1) is 0 Å². The van der Waals surface area contributed by atoms with Gasteiger partial charge in [-0.3, -0.25) is 14.3 Å². The van der Waals surface area contributed by atoms with Crippen LogP contribution in [0.2, 0.25) is 0 Å². The lowest BCUT2D eigenvalue weighted by molar-refractivity contribution is -0.138. The number of hydrogen-bond acceptors (Lipinski definition) is 4. The Morgan fingerprint density at radius 2 is 2.12 bits per heavy atom. The summed E-state index contributed by atoms with van der Waals surface area (Å²) in [6.45, 7) is 6.49. The van der Waals surface area contributed by atoms with Crippen molar-refractivity contribution in [3.05, 3.63) is 35.7 Å². The van der Waals surface area contributed by atoms with E-state index in [0.717, 1.165) is 23.5 Å². The molecule has 0 spiro atoms. The second kappa shape index (κ2) is 6.26. The minimum absolute atomic E-state index is 0.0427. The van der Waals surface area contributed by atoms with Gasteiger partial charge >= 0.3 is 0 Å². The number of amides is 2. The summed E-state index contributed by atoms with van der Waals surface area (Å²) in [6, 6.07) is -0.236. The molecule has 0 radical (unpaired) electrons. The summed E-state index contributed by atoms with van der Waals surface area (Å²) < 4.78 is 3.87. The van der Waals surface area contributed by atoms with E-state index in [2.05, 4.69) is 14.6 Å². The van der Waals surface area contributed by atoms with Crippen LogP contribution in [0, 0.1) is 12.8 Å². The first-order valence-electron chi connectivity index (χ1n) is 9.07. The normalized spacial score (nSPS) is 22.8. The average molecular weight is 356 g/mol. The zero-order valence-electron chi connectivity index (χ0n) is 15.4. The van der Waals surface area contributed by atoms with Crippen molar-refractivity contribution < 1.29 is 9.59 Å². The van der Waals surface area contributed by atoms with Crippen molar-refractivity contribution in [1.82, 2.24) is 29.1 Å². The van der Waals surface area contributed by atoms with Gasteiger partial charge in [-0.1, -0.05) is 0 Å². The summed E-state index contributed by atoms with van der Waals surface area (Å²) >= 11 is 0. The average Bonchev–Trinajstić information content (AvgIpc) is 3.32. The quantitative estimate of drug-likeness (QED) is 0.818. The number of fused-ring (bicyclic) bond motifs is 1. The van der Waals surface area contributed by atoms with Crippen molar-refractivity contribution in [3.8, 4) is 0 Å². The molecule has 1 fully saturated rings. The molecule has 0 bridgehead atoms. The Morgan fingerprint density at radius 1 is 1.31 bits per heavy atom. The van der Waals surface area contributed by atoms with Gasteiger partial charge in [0.25, 0.3) is 0 Å². The minimum Gasteiger partial charge on any atom is -0.335 e. The van der Waals surface area contributed by atoms with E-state index in [1.165, 1.54) is 0 Å². The number of carbonyl (C=O) groups is 2. The molecule has 0 aromatic carbocycles. The summed E-state index contributed by atoms with van der Waals surface area (Å²) in [6.07, 6.45) is 5.67. The van der Waals surface area contributed by atoms with E-state index in [1.807, 2.05) is 30.7 Å². The van der Waals surface area contributed by atoms with E-state index >= 15 is 0 Å². The van der Waals surface area contributed by atoms with Crippen molar-refractivity contribution in [2.75, 3.05) is 13.1 Å². The maximum atomic E-state index is 13.3. The molecule has 138 valence electrons. The number of imidazole rings is 1. The van der Waals surface area contributed by atoms with Crippen molar-refractivity contribution in [3.63, 3.8) is 0 Å². The molecule has 2 amide bonds. The molecule has 0 aliphatic carbocycles. The van der Waals surface area contributed by atoms with Crippen molar-refractivity contribution in [1.29, 1.82) is 0 Å². The third-order valence-electron chi connectivity index (χ3n) is 5.76. The van der Waals surface area contributed by atoms with Crippen LogP contribution in [0.3, 0.4) is 0 Å². The second-order valence-electron chi connectivity index (χ2n) is 7.08. The fraction of sp³-hybridized carbons (Fsp3) is 0.556. The SMILES string of the molecule is CCN1C(=O)C[C@H](C(=O)N2CCn3cncc3C2)[C@H]1c1cnn(C)c1C. The Labute approximate surface area is 152 Å². The first-order chi connectivity index (χ1) is 12.5. The lowest BCUT2D eigenvalue weighted by Crippen LogP contribution is -2.43. The molecule has 2 aromatic rings. The summed E-state index contributed by atoms with van der Waals surface area (Å²) in [5.74, 6) is -0.268. The van der Waals surface area contributed by atoms with Gasteiger partial charge in [-0.2, -0.15) is 5.10 Å². The van der Waals surface area contributed by atoms with E-state index in [1.54, 1.807) is 23.4 Å². The molecule has 2 aliphatic rings. The molecule has 1 saturated heterocycles. The standard InChI is InChI=1S/C18H24N6O2/c1-4-24-16(25)7-14(17(24)15-9-20-21(3)12(15)2)18(26)22-5-6-23-11-19-8-13(23)10-22/h8-9,11,14,17H,4-7,10H2,1-3H3/t14-,17-/m0/s1. The molecule has 4 rings (SSSR count). The zero-order chi connectivity index (χ0) is 18.4. The molecule has 8 heteroatoms. The maximum Gasteiger partial charge on any atom is 0.229 e. The van der Waals surface area contributed by atoms with Gasteiger partial charge in [0.1, 0.15) is 0 Å². The fourth-order valence-electron chi connectivity index (χ4n) is 4.18. The Morgan fingerprint density at radius 3 is 2.81 bits per heavy atom. The minimum atomic E-state index is -0.361. The number of aryl methyl sites for hydroxylation is 1. The van der Waals surface area contributed by atoms with Crippen molar-refractivity contribution >= 4 is 11.8 Å². The number of aromatic nitrogens is 4. The van der Waals surface area contributed by atoms with E-state index in [-0.39, 0.29) is 30.2 Å². The molecule has 0 saturated carbocycles. The van der Waals surface area contributed by atoms with E-state index in [4.69, 9.17) is 0 Å². The van der Waals surface area contributed by atoms with E-state index in [9.17, 15) is 9.59 Å².